The van der Waals surface area contributed by atoms with E-state index in [0.717, 1.165) is 12.8 Å². The van der Waals surface area contributed by atoms with Gasteiger partial charge in [0.1, 0.15) is 11.5 Å². The van der Waals surface area contributed by atoms with Gasteiger partial charge in [-0.2, -0.15) is 0 Å². The van der Waals surface area contributed by atoms with Crippen molar-refractivity contribution in [2.45, 2.75) is 25.3 Å². The number of carbonyl (C=O) groups excluding carboxylic acids is 1. The fourth-order valence-electron chi connectivity index (χ4n) is 1.39. The average Bonchev–Trinajstić information content (AvgIpc) is 2.96. The summed E-state index contributed by atoms with van der Waals surface area (Å²) in [5, 5.41) is 6.18. The number of pyridine rings is 1. The lowest BCUT2D eigenvalue weighted by molar-refractivity contribution is 0.0930. The molecule has 0 bridgehead atoms. The Morgan fingerprint density at radius 3 is 2.75 bits per heavy atom. The van der Waals surface area contributed by atoms with E-state index < -0.39 is 0 Å². The number of hydrogen-bond acceptors (Lipinski definition) is 3. The lowest BCUT2D eigenvalue weighted by Crippen LogP contribution is -2.35. The van der Waals surface area contributed by atoms with Gasteiger partial charge in [-0.05, 0) is 31.9 Å². The van der Waals surface area contributed by atoms with E-state index in [4.69, 9.17) is 11.6 Å². The molecule has 2 rings (SSSR count). The summed E-state index contributed by atoms with van der Waals surface area (Å²) in [6.07, 6.45) is 2.03. The van der Waals surface area contributed by atoms with E-state index in [-0.39, 0.29) is 17.1 Å². The van der Waals surface area contributed by atoms with Crippen molar-refractivity contribution >= 4 is 23.3 Å². The van der Waals surface area contributed by atoms with Crippen LogP contribution in [0.3, 0.4) is 0 Å². The normalized spacial score (nSPS) is 16.7. The summed E-state index contributed by atoms with van der Waals surface area (Å²) in [5.41, 5.74) is 0.222. The van der Waals surface area contributed by atoms with Gasteiger partial charge >= 0.3 is 0 Å². The molecule has 0 radical (unpaired) electrons. The molecule has 86 valence electrons. The largest absolute Gasteiger partial charge is 0.373 e. The van der Waals surface area contributed by atoms with E-state index in [2.05, 4.69) is 15.6 Å². The van der Waals surface area contributed by atoms with Crippen molar-refractivity contribution in [1.29, 1.82) is 0 Å². The highest BCUT2D eigenvalue weighted by Crippen LogP contribution is 2.34. The lowest BCUT2D eigenvalue weighted by Gasteiger charge is -2.12. The van der Waals surface area contributed by atoms with Crippen LogP contribution in [0, 0.1) is 0 Å². The number of amides is 1. The topological polar surface area (TPSA) is 54.0 Å². The summed E-state index contributed by atoms with van der Waals surface area (Å²) in [6.45, 7) is 2.01. The molecule has 0 aromatic carbocycles. The average molecular weight is 240 g/mol. The molecule has 5 heteroatoms. The predicted molar refractivity (Wildman–Crippen MR) is 63.9 cm³/mol. The van der Waals surface area contributed by atoms with E-state index in [9.17, 15) is 4.79 Å². The molecule has 0 saturated heterocycles. The second-order valence-electron chi connectivity index (χ2n) is 4.29. The zero-order chi connectivity index (χ0) is 11.8. The van der Waals surface area contributed by atoms with Gasteiger partial charge in [-0.25, -0.2) is 4.98 Å². The van der Waals surface area contributed by atoms with Crippen LogP contribution in [0.15, 0.2) is 12.1 Å². The first-order valence-corrected chi connectivity index (χ1v) is 5.59. The highest BCUT2D eigenvalue weighted by molar-refractivity contribution is 6.33. The number of rotatable bonds is 3. The third kappa shape index (κ3) is 2.27. The summed E-state index contributed by atoms with van der Waals surface area (Å²) in [4.78, 5) is 16.1. The second-order valence-corrected chi connectivity index (χ2v) is 4.70. The van der Waals surface area contributed by atoms with Crippen LogP contribution in [0.2, 0.25) is 5.02 Å². The number of nitrogens with one attached hydrogen (secondary N) is 2. The van der Waals surface area contributed by atoms with Crippen molar-refractivity contribution < 1.29 is 4.79 Å². The SMILES string of the molecule is CNc1ccc(Cl)c(C(=O)NC2(C)CC2)n1. The number of carbonyl (C=O) groups is 1. The Bertz CT molecular complexity index is 429. The Morgan fingerprint density at radius 2 is 2.19 bits per heavy atom. The fraction of sp³-hybridized carbons (Fsp3) is 0.455. The summed E-state index contributed by atoms with van der Waals surface area (Å²) in [7, 11) is 1.75. The monoisotopic (exact) mass is 239 g/mol. The zero-order valence-electron chi connectivity index (χ0n) is 9.30. The molecule has 1 aliphatic rings. The molecule has 1 aromatic heterocycles. The van der Waals surface area contributed by atoms with Crippen LogP contribution >= 0.6 is 11.6 Å². The molecule has 1 heterocycles. The number of nitrogens with zero attached hydrogens (tertiary/aromatic N) is 1. The fourth-order valence-corrected chi connectivity index (χ4v) is 1.58. The highest BCUT2D eigenvalue weighted by Gasteiger charge is 2.39. The number of anilines is 1. The molecule has 2 N–H and O–H groups in total. The van der Waals surface area contributed by atoms with Gasteiger partial charge in [0.2, 0.25) is 0 Å². The summed E-state index contributed by atoms with van der Waals surface area (Å²) in [6, 6.07) is 3.41. The van der Waals surface area contributed by atoms with Crippen LogP contribution < -0.4 is 10.6 Å². The van der Waals surface area contributed by atoms with Crippen LogP contribution in [0.4, 0.5) is 5.82 Å². The minimum absolute atomic E-state index is 0.0578. The summed E-state index contributed by atoms with van der Waals surface area (Å²) in [5.74, 6) is 0.428. The molecule has 1 aliphatic carbocycles. The first kappa shape index (κ1) is 11.2. The highest BCUT2D eigenvalue weighted by atomic mass is 35.5. The van der Waals surface area contributed by atoms with Crippen LogP contribution in [0.25, 0.3) is 0 Å². The van der Waals surface area contributed by atoms with Crippen LogP contribution in [0.1, 0.15) is 30.3 Å². The predicted octanol–water partition coefficient (Wildman–Crippen LogP) is 2.06. The van der Waals surface area contributed by atoms with E-state index in [1.165, 1.54) is 0 Å². The van der Waals surface area contributed by atoms with Gasteiger partial charge in [-0.15, -0.1) is 0 Å². The maximum absolute atomic E-state index is 11.9. The molecular formula is C11H14ClN3O. The molecule has 1 saturated carbocycles. The zero-order valence-corrected chi connectivity index (χ0v) is 10.1. The Labute approximate surface area is 99.4 Å². The van der Waals surface area contributed by atoms with Crippen molar-refractivity contribution in [1.82, 2.24) is 10.3 Å². The smallest absolute Gasteiger partial charge is 0.271 e. The number of halogens is 1. The quantitative estimate of drug-likeness (QED) is 0.849. The van der Waals surface area contributed by atoms with E-state index in [1.54, 1.807) is 19.2 Å². The van der Waals surface area contributed by atoms with E-state index in [0.29, 0.717) is 10.8 Å². The second kappa shape index (κ2) is 3.94. The third-order valence-corrected chi connectivity index (χ3v) is 3.04. The van der Waals surface area contributed by atoms with Crippen molar-refractivity contribution in [3.8, 4) is 0 Å². The molecular weight excluding hydrogens is 226 g/mol. The number of aromatic nitrogens is 1. The molecule has 0 spiro atoms. The van der Waals surface area contributed by atoms with Crippen molar-refractivity contribution in [3.05, 3.63) is 22.8 Å². The van der Waals surface area contributed by atoms with Crippen LogP contribution in [0.5, 0.6) is 0 Å². The molecule has 16 heavy (non-hydrogen) atoms. The Balaban J connectivity index is 2.21. The molecule has 0 unspecified atom stereocenters. The van der Waals surface area contributed by atoms with E-state index >= 15 is 0 Å². The Hall–Kier alpha value is -1.29. The number of hydrogen-bond donors (Lipinski definition) is 2. The minimum atomic E-state index is -0.206. The molecule has 0 atom stereocenters. The maximum atomic E-state index is 11.9. The molecule has 1 fully saturated rings. The van der Waals surface area contributed by atoms with E-state index in [1.807, 2.05) is 6.92 Å². The van der Waals surface area contributed by atoms with Crippen molar-refractivity contribution in [2.75, 3.05) is 12.4 Å². The first-order valence-electron chi connectivity index (χ1n) is 5.21. The van der Waals surface area contributed by atoms with Gasteiger partial charge in [0.05, 0.1) is 5.02 Å². The van der Waals surface area contributed by atoms with Gasteiger partial charge in [0.15, 0.2) is 0 Å². The lowest BCUT2D eigenvalue weighted by atomic mass is 10.2. The molecule has 4 nitrogen and oxygen atoms in total. The Kier molecular flexibility index (Phi) is 2.76. The van der Waals surface area contributed by atoms with Gasteiger partial charge in [-0.3, -0.25) is 4.79 Å². The van der Waals surface area contributed by atoms with Crippen LogP contribution in [-0.2, 0) is 0 Å². The standard InChI is InChI=1S/C11H14ClN3O/c1-11(5-6-11)15-10(16)9-7(12)3-4-8(13-2)14-9/h3-4H,5-6H2,1-2H3,(H,13,14)(H,15,16). The van der Waals surface area contributed by atoms with Gasteiger partial charge in [0.25, 0.3) is 5.91 Å². The van der Waals surface area contributed by atoms with Gasteiger partial charge in [-0.1, -0.05) is 11.6 Å². The Morgan fingerprint density at radius 1 is 1.50 bits per heavy atom. The van der Waals surface area contributed by atoms with Gasteiger partial charge < -0.3 is 10.6 Å². The minimum Gasteiger partial charge on any atom is -0.373 e. The molecule has 1 amide bonds. The summed E-state index contributed by atoms with van der Waals surface area (Å²) >= 11 is 5.95. The summed E-state index contributed by atoms with van der Waals surface area (Å²) < 4.78 is 0. The van der Waals surface area contributed by atoms with Crippen LogP contribution in [-0.4, -0.2) is 23.5 Å². The first-order chi connectivity index (χ1) is 7.54. The van der Waals surface area contributed by atoms with Crippen molar-refractivity contribution in [3.63, 3.8) is 0 Å². The maximum Gasteiger partial charge on any atom is 0.271 e. The van der Waals surface area contributed by atoms with Crippen molar-refractivity contribution in [2.24, 2.45) is 0 Å². The third-order valence-electron chi connectivity index (χ3n) is 2.73. The molecule has 1 aromatic rings. The molecule has 0 aliphatic heterocycles. The van der Waals surface area contributed by atoms with Gasteiger partial charge in [0, 0.05) is 12.6 Å².